The third-order valence-corrected chi connectivity index (χ3v) is 0.795. The van der Waals surface area contributed by atoms with Gasteiger partial charge in [0.25, 0.3) is 0 Å². The van der Waals surface area contributed by atoms with Crippen molar-refractivity contribution in [1.29, 1.82) is 0 Å². The predicted octanol–water partition coefficient (Wildman–Crippen LogP) is -1.10. The van der Waals surface area contributed by atoms with Crippen LogP contribution in [-0.2, 0) is 0 Å². The molecule has 0 fully saturated rings. The van der Waals surface area contributed by atoms with Crippen molar-refractivity contribution in [3.05, 3.63) is 0 Å². The van der Waals surface area contributed by atoms with Crippen molar-refractivity contribution in [2.45, 2.75) is 11.7 Å². The average Bonchev–Trinajstić information content (AvgIpc) is 1.65. The molecule has 0 saturated heterocycles. The third-order valence-electron chi connectivity index (χ3n) is 0.505. The molecule has 0 amide bonds. The highest BCUT2D eigenvalue weighted by atomic mass is 35.5. The van der Waals surface area contributed by atoms with Crippen molar-refractivity contribution in [3.63, 3.8) is 0 Å². The Labute approximate surface area is 46.2 Å². The summed E-state index contributed by atoms with van der Waals surface area (Å²) in [5.74, 6) is 0. The normalized spacial score (nSPS) is 18.9. The lowest BCUT2D eigenvalue weighted by Crippen LogP contribution is -2.23. The third kappa shape index (κ3) is 2.82. The quantitative estimate of drug-likeness (QED) is 0.412. The van der Waals surface area contributed by atoms with Crippen LogP contribution in [-0.4, -0.2) is 33.6 Å². The number of halogens is 1. The molecule has 2 unspecified atom stereocenters. The van der Waals surface area contributed by atoms with Crippen molar-refractivity contribution in [2.75, 3.05) is 6.61 Å². The molecule has 7 heavy (non-hydrogen) atoms. The molecule has 0 aromatic carbocycles. The molecule has 0 aromatic heterocycles. The van der Waals surface area contributed by atoms with E-state index >= 15 is 0 Å². The zero-order valence-corrected chi connectivity index (χ0v) is 4.34. The van der Waals surface area contributed by atoms with Crippen molar-refractivity contribution in [2.24, 2.45) is 0 Å². The van der Waals surface area contributed by atoms with E-state index in [0.717, 1.165) is 0 Å². The first kappa shape index (κ1) is 7.17. The average molecular weight is 127 g/mol. The van der Waals surface area contributed by atoms with Crippen LogP contribution in [0.4, 0.5) is 0 Å². The van der Waals surface area contributed by atoms with Crippen LogP contribution in [0.1, 0.15) is 0 Å². The molecule has 0 aliphatic rings. The summed E-state index contributed by atoms with van der Waals surface area (Å²) >= 11 is 4.87. The molecule has 3 N–H and O–H groups in total. The lowest BCUT2D eigenvalue weighted by Gasteiger charge is -2.05. The van der Waals surface area contributed by atoms with E-state index in [1.807, 2.05) is 0 Å². The summed E-state index contributed by atoms with van der Waals surface area (Å²) in [6.45, 7) is -0.509. The van der Waals surface area contributed by atoms with Gasteiger partial charge < -0.3 is 15.3 Å². The molecular formula is C3H7ClO3. The smallest absolute Gasteiger partial charge is 0.155 e. The van der Waals surface area contributed by atoms with Gasteiger partial charge in [0.1, 0.15) is 6.10 Å². The van der Waals surface area contributed by atoms with Crippen LogP contribution in [0.3, 0.4) is 0 Å². The number of alkyl halides is 1. The van der Waals surface area contributed by atoms with E-state index in [1.165, 1.54) is 0 Å². The van der Waals surface area contributed by atoms with Crippen molar-refractivity contribution in [3.8, 4) is 0 Å². The SMILES string of the molecule is OCC(O)C(O)Cl. The Hall–Kier alpha value is 0.170. The molecule has 4 heteroatoms. The largest absolute Gasteiger partial charge is 0.394 e. The standard InChI is InChI=1S/C3H7ClO3/c4-3(7)2(6)1-5/h2-3,5-7H,1H2. The molecule has 0 aliphatic heterocycles. The van der Waals surface area contributed by atoms with E-state index in [0.29, 0.717) is 0 Å². The lowest BCUT2D eigenvalue weighted by molar-refractivity contribution is 0.0250. The molecule has 0 aromatic rings. The zero-order valence-electron chi connectivity index (χ0n) is 3.58. The number of aliphatic hydroxyl groups is 3. The highest BCUT2D eigenvalue weighted by molar-refractivity contribution is 6.19. The second-order valence-electron chi connectivity index (χ2n) is 1.12. The maximum atomic E-state index is 8.30. The summed E-state index contributed by atoms with van der Waals surface area (Å²) in [4.78, 5) is 0. The van der Waals surface area contributed by atoms with Gasteiger partial charge >= 0.3 is 0 Å². The Morgan fingerprint density at radius 2 is 1.86 bits per heavy atom. The van der Waals surface area contributed by atoms with Gasteiger partial charge in [0.15, 0.2) is 5.56 Å². The van der Waals surface area contributed by atoms with E-state index in [-0.39, 0.29) is 0 Å². The van der Waals surface area contributed by atoms with Crippen LogP contribution in [0.5, 0.6) is 0 Å². The van der Waals surface area contributed by atoms with Crippen LogP contribution >= 0.6 is 11.6 Å². The summed E-state index contributed by atoms with van der Waals surface area (Å²) in [7, 11) is 0. The van der Waals surface area contributed by atoms with Crippen LogP contribution in [0.25, 0.3) is 0 Å². The molecular weight excluding hydrogens is 119 g/mol. The van der Waals surface area contributed by atoms with E-state index in [1.54, 1.807) is 0 Å². The lowest BCUT2D eigenvalue weighted by atomic mass is 10.4. The molecule has 44 valence electrons. The maximum absolute atomic E-state index is 8.30. The highest BCUT2D eigenvalue weighted by Gasteiger charge is 2.09. The Kier molecular flexibility index (Phi) is 3.29. The molecule has 2 atom stereocenters. The van der Waals surface area contributed by atoms with Gasteiger partial charge in [0, 0.05) is 0 Å². The van der Waals surface area contributed by atoms with Crippen LogP contribution < -0.4 is 0 Å². The van der Waals surface area contributed by atoms with Gasteiger partial charge in [-0.25, -0.2) is 0 Å². The first-order valence-electron chi connectivity index (χ1n) is 1.79. The van der Waals surface area contributed by atoms with E-state index < -0.39 is 18.3 Å². The predicted molar refractivity (Wildman–Crippen MR) is 25.0 cm³/mol. The molecule has 3 nitrogen and oxygen atoms in total. The number of aliphatic hydroxyl groups excluding tert-OH is 3. The van der Waals surface area contributed by atoms with Gasteiger partial charge in [-0.05, 0) is 0 Å². The summed E-state index contributed by atoms with van der Waals surface area (Å²) in [6.07, 6.45) is -1.22. The molecule has 0 radical (unpaired) electrons. The molecule has 0 rings (SSSR count). The second kappa shape index (κ2) is 3.21. The van der Waals surface area contributed by atoms with E-state index in [4.69, 9.17) is 26.9 Å². The van der Waals surface area contributed by atoms with Gasteiger partial charge in [-0.1, -0.05) is 11.6 Å². The monoisotopic (exact) mass is 126 g/mol. The molecule has 0 heterocycles. The molecule has 0 aliphatic carbocycles. The first-order valence-corrected chi connectivity index (χ1v) is 2.23. The maximum Gasteiger partial charge on any atom is 0.155 e. The van der Waals surface area contributed by atoms with E-state index in [2.05, 4.69) is 0 Å². The summed E-state index contributed by atoms with van der Waals surface area (Å²) in [5, 5.41) is 24.5. The topological polar surface area (TPSA) is 60.7 Å². The molecule has 0 saturated carbocycles. The van der Waals surface area contributed by atoms with Gasteiger partial charge in [-0.3, -0.25) is 0 Å². The van der Waals surface area contributed by atoms with Crippen LogP contribution in [0, 0.1) is 0 Å². The minimum atomic E-state index is -1.36. The summed E-state index contributed by atoms with van der Waals surface area (Å²) in [6, 6.07) is 0. The van der Waals surface area contributed by atoms with Gasteiger partial charge in [-0.15, -0.1) is 0 Å². The van der Waals surface area contributed by atoms with Crippen LogP contribution in [0.15, 0.2) is 0 Å². The number of rotatable bonds is 2. The van der Waals surface area contributed by atoms with Crippen molar-refractivity contribution >= 4 is 11.6 Å². The van der Waals surface area contributed by atoms with E-state index in [9.17, 15) is 0 Å². The van der Waals surface area contributed by atoms with Crippen molar-refractivity contribution in [1.82, 2.24) is 0 Å². The Balaban J connectivity index is 3.14. The fraction of sp³-hybridized carbons (Fsp3) is 1.00. The van der Waals surface area contributed by atoms with Crippen molar-refractivity contribution < 1.29 is 15.3 Å². The van der Waals surface area contributed by atoms with Gasteiger partial charge in [0.2, 0.25) is 0 Å². The second-order valence-corrected chi connectivity index (χ2v) is 1.57. The van der Waals surface area contributed by atoms with Crippen LogP contribution in [0.2, 0.25) is 0 Å². The molecule has 0 bridgehead atoms. The van der Waals surface area contributed by atoms with Gasteiger partial charge in [0.05, 0.1) is 6.61 Å². The minimum absolute atomic E-state index is 0.509. The number of hydrogen-bond acceptors (Lipinski definition) is 3. The Morgan fingerprint density at radius 3 is 1.86 bits per heavy atom. The summed E-state index contributed by atoms with van der Waals surface area (Å²) < 4.78 is 0. The Morgan fingerprint density at radius 1 is 1.43 bits per heavy atom. The zero-order chi connectivity index (χ0) is 5.86. The first-order chi connectivity index (χ1) is 3.18. The highest BCUT2D eigenvalue weighted by Crippen LogP contribution is 1.95. The van der Waals surface area contributed by atoms with Gasteiger partial charge in [-0.2, -0.15) is 0 Å². The minimum Gasteiger partial charge on any atom is -0.394 e. The number of hydrogen-bond donors (Lipinski definition) is 3. The fourth-order valence-electron chi connectivity index (χ4n) is 0.0870. The molecule has 0 spiro atoms. The summed E-state index contributed by atoms with van der Waals surface area (Å²) in [5.41, 5.74) is -1.36. The fourth-order valence-corrected chi connectivity index (χ4v) is 0.167. The Bertz CT molecular complexity index is 47.4.